The molecule has 1 fully saturated rings. The van der Waals surface area contributed by atoms with Gasteiger partial charge < -0.3 is 9.64 Å². The van der Waals surface area contributed by atoms with Crippen LogP contribution in [0.15, 0.2) is 16.8 Å². The zero-order valence-electron chi connectivity index (χ0n) is 9.06. The maximum absolute atomic E-state index is 11.5. The van der Waals surface area contributed by atoms with Crippen LogP contribution in [-0.2, 0) is 9.53 Å². The van der Waals surface area contributed by atoms with Crippen molar-refractivity contribution in [1.29, 1.82) is 0 Å². The average molecular weight is 226 g/mol. The Morgan fingerprint density at radius 1 is 1.73 bits per heavy atom. The van der Waals surface area contributed by atoms with Gasteiger partial charge >= 0.3 is 5.97 Å². The first kappa shape index (κ1) is 10.5. The van der Waals surface area contributed by atoms with Gasteiger partial charge in [0.05, 0.1) is 12.8 Å². The van der Waals surface area contributed by atoms with Gasteiger partial charge in [-0.3, -0.25) is 4.99 Å². The molecule has 82 valence electrons. The minimum Gasteiger partial charge on any atom is -0.466 e. The number of carbonyl (C=O) groups excluding carboxylic acids is 1. The number of nitrogens with zero attached hydrogens (tertiary/aromatic N) is 2. The number of hydrogen-bond acceptors (Lipinski definition) is 5. The molecule has 4 nitrogen and oxygen atoms in total. The maximum Gasteiger partial charge on any atom is 0.351 e. The number of carbonyl (C=O) groups is 1. The van der Waals surface area contributed by atoms with Gasteiger partial charge in [0, 0.05) is 29.8 Å². The highest BCUT2D eigenvalue weighted by Gasteiger charge is 2.33. The van der Waals surface area contributed by atoms with Crippen molar-refractivity contribution in [3.05, 3.63) is 11.8 Å². The van der Waals surface area contributed by atoms with Gasteiger partial charge in [0.2, 0.25) is 6.17 Å². The van der Waals surface area contributed by atoms with Gasteiger partial charge in [-0.05, 0) is 6.92 Å². The van der Waals surface area contributed by atoms with E-state index in [9.17, 15) is 4.79 Å². The highest BCUT2D eigenvalue weighted by Crippen LogP contribution is 2.31. The number of ether oxygens (including phenoxy) is 1. The standard InChI is InChI=1S/C10H14N2O2S/c1-6-8-7(5-15-6)4-12(2)9(11-8)10(13)14-3/h4,6,9H,5H2,1-3H3. The van der Waals surface area contributed by atoms with E-state index in [1.54, 1.807) is 0 Å². The summed E-state index contributed by atoms with van der Waals surface area (Å²) in [6, 6.07) is 0. The van der Waals surface area contributed by atoms with E-state index in [1.165, 1.54) is 12.7 Å². The van der Waals surface area contributed by atoms with E-state index in [2.05, 4.69) is 11.9 Å². The van der Waals surface area contributed by atoms with Gasteiger partial charge in [0.15, 0.2) is 0 Å². The summed E-state index contributed by atoms with van der Waals surface area (Å²) in [7, 11) is 3.24. The first-order valence-corrected chi connectivity index (χ1v) is 5.88. The lowest BCUT2D eigenvalue weighted by Gasteiger charge is -2.26. The molecular formula is C10H14N2O2S. The topological polar surface area (TPSA) is 41.9 Å². The van der Waals surface area contributed by atoms with Crippen molar-refractivity contribution in [3.63, 3.8) is 0 Å². The second-order valence-corrected chi connectivity index (χ2v) is 5.01. The van der Waals surface area contributed by atoms with Gasteiger partial charge in [-0.1, -0.05) is 0 Å². The fourth-order valence-electron chi connectivity index (χ4n) is 1.78. The number of esters is 1. The van der Waals surface area contributed by atoms with Crippen LogP contribution in [0.25, 0.3) is 0 Å². The van der Waals surface area contributed by atoms with Gasteiger partial charge in [0.1, 0.15) is 0 Å². The number of aliphatic imine (C=N–C) groups is 1. The van der Waals surface area contributed by atoms with Crippen LogP contribution in [0, 0.1) is 0 Å². The van der Waals surface area contributed by atoms with Crippen LogP contribution in [-0.4, -0.2) is 47.9 Å². The van der Waals surface area contributed by atoms with Crippen molar-refractivity contribution in [2.75, 3.05) is 19.9 Å². The number of thioether (sulfide) groups is 1. The first-order valence-electron chi connectivity index (χ1n) is 4.83. The molecule has 1 saturated heterocycles. The Bertz CT molecular complexity index is 351. The minimum absolute atomic E-state index is 0.301. The second-order valence-electron chi connectivity index (χ2n) is 3.68. The molecule has 0 aromatic carbocycles. The molecule has 2 atom stereocenters. The highest BCUT2D eigenvalue weighted by molar-refractivity contribution is 8.01. The molecular weight excluding hydrogens is 212 g/mol. The lowest BCUT2D eigenvalue weighted by Crippen LogP contribution is -2.39. The van der Waals surface area contributed by atoms with Crippen LogP contribution in [0.4, 0.5) is 0 Å². The molecule has 5 heteroatoms. The van der Waals surface area contributed by atoms with E-state index in [0.29, 0.717) is 5.25 Å². The molecule has 2 unspecified atom stereocenters. The molecule has 0 spiro atoms. The highest BCUT2D eigenvalue weighted by atomic mass is 32.2. The minimum atomic E-state index is -0.505. The quantitative estimate of drug-likeness (QED) is 0.623. The molecule has 2 aliphatic rings. The van der Waals surface area contributed by atoms with Crippen molar-refractivity contribution in [3.8, 4) is 0 Å². The Hall–Kier alpha value is -0.970. The Morgan fingerprint density at radius 3 is 3.13 bits per heavy atom. The van der Waals surface area contributed by atoms with E-state index in [4.69, 9.17) is 4.74 Å². The smallest absolute Gasteiger partial charge is 0.351 e. The molecule has 0 N–H and O–H groups in total. The van der Waals surface area contributed by atoms with Crippen LogP contribution in [0.2, 0.25) is 0 Å². The summed E-state index contributed by atoms with van der Waals surface area (Å²) in [6.07, 6.45) is 1.50. The van der Waals surface area contributed by atoms with Crippen LogP contribution in [0.1, 0.15) is 6.92 Å². The molecule has 15 heavy (non-hydrogen) atoms. The molecule has 2 rings (SSSR count). The molecule has 0 aromatic heterocycles. The van der Waals surface area contributed by atoms with Crippen LogP contribution in [0.3, 0.4) is 0 Å². The molecule has 0 saturated carbocycles. The fourth-order valence-corrected chi connectivity index (χ4v) is 2.81. The Balaban J connectivity index is 2.28. The summed E-state index contributed by atoms with van der Waals surface area (Å²) in [5, 5.41) is 0.386. The average Bonchev–Trinajstić information content (AvgIpc) is 2.58. The summed E-state index contributed by atoms with van der Waals surface area (Å²) >= 11 is 1.85. The summed E-state index contributed by atoms with van der Waals surface area (Å²) in [5.41, 5.74) is 2.28. The normalized spacial score (nSPS) is 29.4. The molecule has 0 radical (unpaired) electrons. The molecule has 2 aliphatic heterocycles. The SMILES string of the molecule is COC(=O)C1N=C2C(=CN1C)CSC2C. The summed E-state index contributed by atoms with van der Waals surface area (Å²) in [6.45, 7) is 2.12. The molecule has 2 heterocycles. The van der Waals surface area contributed by atoms with E-state index in [1.807, 2.05) is 29.9 Å². The lowest BCUT2D eigenvalue weighted by atomic mass is 10.1. The van der Waals surface area contributed by atoms with Gasteiger partial charge in [0.25, 0.3) is 0 Å². The van der Waals surface area contributed by atoms with Gasteiger partial charge in [-0.25, -0.2) is 4.79 Å². The number of fused-ring (bicyclic) bond motifs is 1. The van der Waals surface area contributed by atoms with E-state index in [-0.39, 0.29) is 5.97 Å². The zero-order chi connectivity index (χ0) is 11.0. The van der Waals surface area contributed by atoms with E-state index < -0.39 is 6.17 Å². The number of hydrogen-bond donors (Lipinski definition) is 0. The third-order valence-corrected chi connectivity index (χ3v) is 3.82. The fraction of sp³-hybridized carbons (Fsp3) is 0.600. The van der Waals surface area contributed by atoms with E-state index >= 15 is 0 Å². The predicted octanol–water partition coefficient (Wildman–Crippen LogP) is 0.891. The van der Waals surface area contributed by atoms with Gasteiger partial charge in [-0.2, -0.15) is 0 Å². The Labute approximate surface area is 93.4 Å². The third-order valence-electron chi connectivity index (χ3n) is 2.62. The number of methoxy groups -OCH3 is 1. The van der Waals surface area contributed by atoms with Crippen LogP contribution >= 0.6 is 11.8 Å². The predicted molar refractivity (Wildman–Crippen MR) is 61.0 cm³/mol. The van der Waals surface area contributed by atoms with E-state index in [0.717, 1.165) is 11.5 Å². The lowest BCUT2D eigenvalue weighted by molar-refractivity contribution is -0.145. The van der Waals surface area contributed by atoms with Crippen LogP contribution < -0.4 is 0 Å². The Kier molecular flexibility index (Phi) is 2.73. The maximum atomic E-state index is 11.5. The van der Waals surface area contributed by atoms with Crippen molar-refractivity contribution < 1.29 is 9.53 Å². The first-order chi connectivity index (χ1) is 7.13. The van der Waals surface area contributed by atoms with Crippen molar-refractivity contribution in [1.82, 2.24) is 4.90 Å². The number of rotatable bonds is 1. The largest absolute Gasteiger partial charge is 0.466 e. The molecule has 0 bridgehead atoms. The van der Waals surface area contributed by atoms with Gasteiger partial charge in [-0.15, -0.1) is 11.8 Å². The second kappa shape index (κ2) is 3.89. The molecule has 0 amide bonds. The van der Waals surface area contributed by atoms with Crippen molar-refractivity contribution in [2.24, 2.45) is 4.99 Å². The molecule has 0 aromatic rings. The number of likely N-dealkylation sites (N-methyl/N-ethyl adjacent to an activating group) is 1. The Morgan fingerprint density at radius 2 is 2.47 bits per heavy atom. The van der Waals surface area contributed by atoms with Crippen molar-refractivity contribution in [2.45, 2.75) is 18.3 Å². The monoisotopic (exact) mass is 226 g/mol. The van der Waals surface area contributed by atoms with Crippen molar-refractivity contribution >= 4 is 23.4 Å². The zero-order valence-corrected chi connectivity index (χ0v) is 9.87. The summed E-state index contributed by atoms with van der Waals surface area (Å²) in [4.78, 5) is 17.7. The van der Waals surface area contributed by atoms with Crippen LogP contribution in [0.5, 0.6) is 0 Å². The summed E-state index contributed by atoms with van der Waals surface area (Å²) < 4.78 is 4.72. The summed E-state index contributed by atoms with van der Waals surface area (Å²) in [5.74, 6) is 0.683. The molecule has 0 aliphatic carbocycles. The third kappa shape index (κ3) is 1.76.